The van der Waals surface area contributed by atoms with Crippen molar-refractivity contribution in [2.75, 3.05) is 26.2 Å². The van der Waals surface area contributed by atoms with E-state index in [0.29, 0.717) is 30.8 Å². The number of ether oxygens (including phenoxy) is 1. The van der Waals surface area contributed by atoms with Crippen molar-refractivity contribution in [3.05, 3.63) is 89.0 Å². The number of halogens is 1. The van der Waals surface area contributed by atoms with Gasteiger partial charge in [0, 0.05) is 26.7 Å². The monoisotopic (exact) mass is 464 g/mol. The van der Waals surface area contributed by atoms with Gasteiger partial charge in [-0.3, -0.25) is 14.3 Å². The highest BCUT2D eigenvalue weighted by molar-refractivity contribution is 5.95. The maximum atomic E-state index is 13.6. The highest BCUT2D eigenvalue weighted by Crippen LogP contribution is 2.16. The Labute approximate surface area is 198 Å². The molecule has 1 saturated heterocycles. The van der Waals surface area contributed by atoms with Gasteiger partial charge in [-0.1, -0.05) is 42.5 Å². The molecule has 34 heavy (non-hydrogen) atoms. The summed E-state index contributed by atoms with van der Waals surface area (Å²) in [7, 11) is 1.71. The lowest BCUT2D eigenvalue weighted by atomic mass is 10.1. The number of carbonyl (C=O) groups is 2. The van der Waals surface area contributed by atoms with Crippen LogP contribution in [0.15, 0.2) is 60.7 Å². The third-order valence-corrected chi connectivity index (χ3v) is 5.92. The van der Waals surface area contributed by atoms with E-state index >= 15 is 0 Å². The average Bonchev–Trinajstić information content (AvgIpc) is 3.07. The highest BCUT2D eigenvalue weighted by Gasteiger charge is 2.32. The van der Waals surface area contributed by atoms with Crippen LogP contribution in [0.2, 0.25) is 0 Å². The van der Waals surface area contributed by atoms with Crippen molar-refractivity contribution in [2.45, 2.75) is 26.1 Å². The lowest BCUT2D eigenvalue weighted by Crippen LogP contribution is -2.40. The third-order valence-electron chi connectivity index (χ3n) is 5.92. The van der Waals surface area contributed by atoms with E-state index in [1.807, 2.05) is 37.3 Å². The number of carbonyl (C=O) groups excluding carboxylic acids is 2. The summed E-state index contributed by atoms with van der Waals surface area (Å²) >= 11 is 0. The zero-order chi connectivity index (χ0) is 24.1. The minimum absolute atomic E-state index is 0.0301. The summed E-state index contributed by atoms with van der Waals surface area (Å²) in [6.07, 6.45) is 0.293. The second kappa shape index (κ2) is 10.6. The SMILES string of the molecule is Cc1cc(C(=O)N2CC(=O)N(CCc3ccccc3)CC(OCc3cccc(F)c3)C2)n(C)n1. The summed E-state index contributed by atoms with van der Waals surface area (Å²) < 4.78 is 21.2. The predicted molar refractivity (Wildman–Crippen MR) is 126 cm³/mol. The van der Waals surface area contributed by atoms with Crippen LogP contribution in [0.4, 0.5) is 4.39 Å². The first kappa shape index (κ1) is 23.6. The summed E-state index contributed by atoms with van der Waals surface area (Å²) in [5.41, 5.74) is 2.99. The summed E-state index contributed by atoms with van der Waals surface area (Å²) in [6, 6.07) is 17.9. The molecule has 0 radical (unpaired) electrons. The van der Waals surface area contributed by atoms with E-state index in [1.165, 1.54) is 21.7 Å². The lowest BCUT2D eigenvalue weighted by molar-refractivity contribution is -0.131. The molecule has 3 aromatic rings. The van der Waals surface area contributed by atoms with Gasteiger partial charge in [0.05, 0.1) is 18.4 Å². The first-order chi connectivity index (χ1) is 16.4. The molecule has 0 N–H and O–H groups in total. The number of aromatic nitrogens is 2. The topological polar surface area (TPSA) is 67.7 Å². The number of aryl methyl sites for hydroxylation is 2. The van der Waals surface area contributed by atoms with Crippen LogP contribution in [0.3, 0.4) is 0 Å². The van der Waals surface area contributed by atoms with Crippen LogP contribution < -0.4 is 0 Å². The van der Waals surface area contributed by atoms with Crippen LogP contribution >= 0.6 is 0 Å². The quantitative estimate of drug-likeness (QED) is 0.539. The number of hydrogen-bond donors (Lipinski definition) is 0. The molecule has 0 aliphatic carbocycles. The van der Waals surface area contributed by atoms with Crippen LogP contribution in [-0.2, 0) is 29.6 Å². The molecule has 0 bridgehead atoms. The van der Waals surface area contributed by atoms with Gasteiger partial charge in [0.1, 0.15) is 18.1 Å². The minimum Gasteiger partial charge on any atom is -0.370 e. The Morgan fingerprint density at radius 3 is 2.56 bits per heavy atom. The molecule has 1 aliphatic rings. The number of hydrogen-bond acceptors (Lipinski definition) is 4. The summed E-state index contributed by atoms with van der Waals surface area (Å²) in [5.74, 6) is -0.717. The Morgan fingerprint density at radius 1 is 1.09 bits per heavy atom. The van der Waals surface area contributed by atoms with Gasteiger partial charge in [-0.05, 0) is 42.7 Å². The fourth-order valence-electron chi connectivity index (χ4n) is 4.18. The summed E-state index contributed by atoms with van der Waals surface area (Å²) in [4.78, 5) is 29.7. The van der Waals surface area contributed by atoms with Crippen molar-refractivity contribution >= 4 is 11.8 Å². The predicted octanol–water partition coefficient (Wildman–Crippen LogP) is 2.98. The largest absolute Gasteiger partial charge is 0.370 e. The van der Waals surface area contributed by atoms with E-state index in [2.05, 4.69) is 5.10 Å². The highest BCUT2D eigenvalue weighted by atomic mass is 19.1. The molecular formula is C26H29FN4O3. The molecule has 7 nitrogen and oxygen atoms in total. The molecule has 1 aliphatic heterocycles. The standard InChI is InChI=1S/C26H29FN4O3/c1-19-13-24(29(2)28-19)26(33)31-16-23(34-18-21-9-6-10-22(27)14-21)15-30(25(32)17-31)12-11-20-7-4-3-5-8-20/h3-10,13-14,23H,11-12,15-18H2,1-2H3. The molecule has 1 unspecified atom stereocenters. The van der Waals surface area contributed by atoms with Gasteiger partial charge in [-0.15, -0.1) is 0 Å². The Balaban J connectivity index is 1.51. The van der Waals surface area contributed by atoms with E-state index < -0.39 is 6.10 Å². The van der Waals surface area contributed by atoms with Gasteiger partial charge in [0.15, 0.2) is 0 Å². The zero-order valence-electron chi connectivity index (χ0n) is 19.5. The van der Waals surface area contributed by atoms with Crippen LogP contribution in [0.1, 0.15) is 27.3 Å². The van der Waals surface area contributed by atoms with Crippen molar-refractivity contribution < 1.29 is 18.7 Å². The Morgan fingerprint density at radius 2 is 1.85 bits per heavy atom. The van der Waals surface area contributed by atoms with Gasteiger partial charge in [-0.25, -0.2) is 4.39 Å². The van der Waals surface area contributed by atoms with Gasteiger partial charge in [0.25, 0.3) is 5.91 Å². The molecule has 0 saturated carbocycles. The van der Waals surface area contributed by atoms with Crippen LogP contribution in [0.25, 0.3) is 0 Å². The Hall–Kier alpha value is -3.52. The van der Waals surface area contributed by atoms with Gasteiger partial charge in [0.2, 0.25) is 5.91 Å². The smallest absolute Gasteiger partial charge is 0.272 e. The van der Waals surface area contributed by atoms with Gasteiger partial charge in [-0.2, -0.15) is 5.10 Å². The number of benzene rings is 2. The summed E-state index contributed by atoms with van der Waals surface area (Å²) in [5, 5.41) is 4.26. The molecule has 1 atom stereocenters. The number of amides is 2. The van der Waals surface area contributed by atoms with E-state index in [1.54, 1.807) is 30.1 Å². The minimum atomic E-state index is -0.413. The van der Waals surface area contributed by atoms with E-state index in [4.69, 9.17) is 4.74 Å². The average molecular weight is 465 g/mol. The molecule has 2 amide bonds. The molecule has 1 aromatic heterocycles. The molecule has 1 fully saturated rings. The number of nitrogens with zero attached hydrogens (tertiary/aromatic N) is 4. The van der Waals surface area contributed by atoms with Crippen molar-refractivity contribution in [3.8, 4) is 0 Å². The van der Waals surface area contributed by atoms with Crippen LogP contribution in [-0.4, -0.2) is 63.7 Å². The second-order valence-corrected chi connectivity index (χ2v) is 8.62. The van der Waals surface area contributed by atoms with Crippen LogP contribution in [0, 0.1) is 12.7 Å². The fourth-order valence-corrected chi connectivity index (χ4v) is 4.18. The second-order valence-electron chi connectivity index (χ2n) is 8.62. The molecule has 2 heterocycles. The van der Waals surface area contributed by atoms with Gasteiger partial charge >= 0.3 is 0 Å². The fraction of sp³-hybridized carbons (Fsp3) is 0.346. The normalized spacial score (nSPS) is 16.6. The van der Waals surface area contributed by atoms with Crippen molar-refractivity contribution in [3.63, 3.8) is 0 Å². The molecule has 2 aromatic carbocycles. The molecule has 0 spiro atoms. The maximum absolute atomic E-state index is 13.6. The maximum Gasteiger partial charge on any atom is 0.272 e. The summed E-state index contributed by atoms with van der Waals surface area (Å²) in [6.45, 7) is 3.12. The van der Waals surface area contributed by atoms with Crippen LogP contribution in [0.5, 0.6) is 0 Å². The van der Waals surface area contributed by atoms with Crippen molar-refractivity contribution in [1.82, 2.24) is 19.6 Å². The molecule has 4 rings (SSSR count). The van der Waals surface area contributed by atoms with Gasteiger partial charge < -0.3 is 14.5 Å². The van der Waals surface area contributed by atoms with Crippen molar-refractivity contribution in [2.24, 2.45) is 7.05 Å². The van der Waals surface area contributed by atoms with E-state index in [9.17, 15) is 14.0 Å². The Bertz CT molecular complexity index is 1150. The number of rotatable bonds is 7. The van der Waals surface area contributed by atoms with Crippen molar-refractivity contribution in [1.29, 1.82) is 0 Å². The van der Waals surface area contributed by atoms with E-state index in [0.717, 1.165) is 11.3 Å². The Kier molecular flexibility index (Phi) is 7.37. The zero-order valence-corrected chi connectivity index (χ0v) is 19.5. The first-order valence-corrected chi connectivity index (χ1v) is 11.4. The third kappa shape index (κ3) is 5.88. The first-order valence-electron chi connectivity index (χ1n) is 11.4. The molecular weight excluding hydrogens is 435 g/mol. The molecule has 178 valence electrons. The lowest BCUT2D eigenvalue weighted by Gasteiger charge is -2.25. The molecule has 8 heteroatoms. The van der Waals surface area contributed by atoms with E-state index in [-0.39, 0.29) is 37.3 Å².